The number of primary amides is 1. The van der Waals surface area contributed by atoms with Gasteiger partial charge < -0.3 is 19.9 Å². The van der Waals surface area contributed by atoms with Crippen LogP contribution in [-0.4, -0.2) is 45.5 Å². The molecule has 0 aliphatic carbocycles. The monoisotopic (exact) mass is 384 g/mol. The van der Waals surface area contributed by atoms with Crippen molar-refractivity contribution in [3.05, 3.63) is 47.0 Å². The molecule has 4 rings (SSSR count). The van der Waals surface area contributed by atoms with Crippen molar-refractivity contribution in [3.63, 3.8) is 0 Å². The number of ether oxygens (including phenoxy) is 1. The van der Waals surface area contributed by atoms with Crippen molar-refractivity contribution in [3.8, 4) is 5.75 Å². The van der Waals surface area contributed by atoms with Gasteiger partial charge in [0.2, 0.25) is 5.91 Å². The predicted octanol–water partition coefficient (Wildman–Crippen LogP) is 2.27. The highest BCUT2D eigenvalue weighted by atomic mass is 32.1. The third-order valence-electron chi connectivity index (χ3n) is 4.77. The van der Waals surface area contributed by atoms with Crippen molar-refractivity contribution < 1.29 is 14.3 Å². The summed E-state index contributed by atoms with van der Waals surface area (Å²) < 4.78 is 8.04. The van der Waals surface area contributed by atoms with Crippen LogP contribution >= 0.6 is 11.3 Å². The lowest BCUT2D eigenvalue weighted by Gasteiger charge is -2.32. The SMILES string of the molecule is NC(=O)Cn1ccc2c(OC3CCN(C(=O)c4cscn4)CC3)cccc21. The number of benzene rings is 1. The van der Waals surface area contributed by atoms with Crippen LogP contribution in [0, 0.1) is 0 Å². The molecule has 3 heterocycles. The van der Waals surface area contributed by atoms with Crippen molar-refractivity contribution in [1.29, 1.82) is 0 Å². The number of piperidine rings is 1. The first kappa shape index (κ1) is 17.5. The molecule has 1 saturated heterocycles. The van der Waals surface area contributed by atoms with Crippen molar-refractivity contribution in [2.24, 2.45) is 5.73 Å². The summed E-state index contributed by atoms with van der Waals surface area (Å²) in [6, 6.07) is 7.73. The minimum atomic E-state index is -0.379. The van der Waals surface area contributed by atoms with Gasteiger partial charge in [-0.2, -0.15) is 0 Å². The maximum Gasteiger partial charge on any atom is 0.273 e. The molecule has 0 atom stereocenters. The molecule has 1 aliphatic rings. The number of aromatic nitrogens is 2. The Morgan fingerprint density at radius 2 is 2.07 bits per heavy atom. The quantitative estimate of drug-likeness (QED) is 0.731. The van der Waals surface area contributed by atoms with E-state index >= 15 is 0 Å². The fourth-order valence-electron chi connectivity index (χ4n) is 3.44. The second-order valence-electron chi connectivity index (χ2n) is 6.58. The second-order valence-corrected chi connectivity index (χ2v) is 7.30. The summed E-state index contributed by atoms with van der Waals surface area (Å²) >= 11 is 1.43. The molecule has 0 radical (unpaired) electrons. The van der Waals surface area contributed by atoms with Crippen molar-refractivity contribution in [1.82, 2.24) is 14.5 Å². The number of nitrogens with zero attached hydrogens (tertiary/aromatic N) is 3. The van der Waals surface area contributed by atoms with E-state index in [1.807, 2.05) is 39.9 Å². The Bertz CT molecular complexity index is 959. The van der Waals surface area contributed by atoms with E-state index in [1.165, 1.54) is 11.3 Å². The standard InChI is InChI=1S/C19H20N4O3S/c20-18(24)10-23-9-6-14-16(23)2-1-3-17(14)26-13-4-7-22(8-5-13)19(25)15-11-27-12-21-15/h1-3,6,9,11-13H,4-5,7-8,10H2,(H2,20,24). The maximum atomic E-state index is 12.4. The smallest absolute Gasteiger partial charge is 0.273 e. The zero-order valence-corrected chi connectivity index (χ0v) is 15.5. The Hall–Kier alpha value is -2.87. The molecule has 2 amide bonds. The van der Waals surface area contributed by atoms with Gasteiger partial charge in [-0.3, -0.25) is 9.59 Å². The fraction of sp³-hybridized carbons (Fsp3) is 0.316. The first-order valence-electron chi connectivity index (χ1n) is 8.82. The van der Waals surface area contributed by atoms with E-state index in [1.54, 1.807) is 10.9 Å². The molecule has 27 heavy (non-hydrogen) atoms. The highest BCUT2D eigenvalue weighted by molar-refractivity contribution is 7.07. The van der Waals surface area contributed by atoms with Crippen LogP contribution in [-0.2, 0) is 11.3 Å². The second kappa shape index (κ2) is 7.40. The summed E-state index contributed by atoms with van der Waals surface area (Å²) in [7, 11) is 0. The van der Waals surface area contributed by atoms with E-state index < -0.39 is 0 Å². The third-order valence-corrected chi connectivity index (χ3v) is 5.36. The number of fused-ring (bicyclic) bond motifs is 1. The molecule has 1 aliphatic heterocycles. The van der Waals surface area contributed by atoms with Crippen LogP contribution in [0.5, 0.6) is 5.75 Å². The molecule has 1 aromatic carbocycles. The van der Waals surface area contributed by atoms with Gasteiger partial charge in [0.15, 0.2) is 0 Å². The topological polar surface area (TPSA) is 90.5 Å². The summed E-state index contributed by atoms with van der Waals surface area (Å²) in [5.41, 5.74) is 8.42. The molecular formula is C19H20N4O3S. The Morgan fingerprint density at radius 1 is 1.26 bits per heavy atom. The number of amides is 2. The zero-order chi connectivity index (χ0) is 18.8. The van der Waals surface area contributed by atoms with Crippen LogP contribution in [0.3, 0.4) is 0 Å². The molecule has 2 N–H and O–H groups in total. The zero-order valence-electron chi connectivity index (χ0n) is 14.7. The number of likely N-dealkylation sites (tertiary alicyclic amines) is 1. The van der Waals surface area contributed by atoms with Gasteiger partial charge in [-0.1, -0.05) is 6.07 Å². The lowest BCUT2D eigenvalue weighted by molar-refractivity contribution is -0.118. The minimum Gasteiger partial charge on any atom is -0.490 e. The van der Waals surface area contributed by atoms with Crippen molar-refractivity contribution >= 4 is 34.1 Å². The Morgan fingerprint density at radius 3 is 2.78 bits per heavy atom. The largest absolute Gasteiger partial charge is 0.490 e. The maximum absolute atomic E-state index is 12.4. The first-order chi connectivity index (χ1) is 13.1. The number of thiazole rings is 1. The van der Waals surface area contributed by atoms with Gasteiger partial charge in [0.25, 0.3) is 5.91 Å². The summed E-state index contributed by atoms with van der Waals surface area (Å²) in [5.74, 6) is 0.399. The lowest BCUT2D eigenvalue weighted by atomic mass is 10.1. The number of carbonyl (C=O) groups is 2. The Balaban J connectivity index is 1.43. The first-order valence-corrected chi connectivity index (χ1v) is 9.76. The van der Waals surface area contributed by atoms with E-state index in [-0.39, 0.29) is 24.5 Å². The van der Waals surface area contributed by atoms with E-state index in [9.17, 15) is 9.59 Å². The summed E-state index contributed by atoms with van der Waals surface area (Å²) in [5, 5.41) is 2.74. The number of carbonyl (C=O) groups excluding carboxylic acids is 2. The summed E-state index contributed by atoms with van der Waals surface area (Å²) in [6.45, 7) is 1.45. The lowest BCUT2D eigenvalue weighted by Crippen LogP contribution is -2.41. The number of hydrogen-bond donors (Lipinski definition) is 1. The molecule has 3 aromatic rings. The average Bonchev–Trinajstić information content (AvgIpc) is 3.33. The molecular weight excluding hydrogens is 364 g/mol. The molecule has 1 fully saturated rings. The van der Waals surface area contributed by atoms with Gasteiger partial charge in [0.05, 0.1) is 11.0 Å². The van der Waals surface area contributed by atoms with E-state index in [0.29, 0.717) is 18.8 Å². The minimum absolute atomic E-state index is 0.0136. The number of hydrogen-bond acceptors (Lipinski definition) is 5. The van der Waals surface area contributed by atoms with E-state index in [0.717, 1.165) is 29.5 Å². The van der Waals surface area contributed by atoms with Crippen LogP contribution < -0.4 is 10.5 Å². The van der Waals surface area contributed by atoms with Crippen LogP contribution in [0.4, 0.5) is 0 Å². The molecule has 0 unspecified atom stereocenters. The molecule has 8 heteroatoms. The molecule has 2 aromatic heterocycles. The molecule has 7 nitrogen and oxygen atoms in total. The molecule has 0 spiro atoms. The van der Waals surface area contributed by atoms with Gasteiger partial charge >= 0.3 is 0 Å². The van der Waals surface area contributed by atoms with Gasteiger partial charge in [0.1, 0.15) is 24.1 Å². The van der Waals surface area contributed by atoms with Crippen LogP contribution in [0.25, 0.3) is 10.9 Å². The number of nitrogens with two attached hydrogens (primary N) is 1. The Kier molecular flexibility index (Phi) is 4.81. The van der Waals surface area contributed by atoms with Crippen molar-refractivity contribution in [2.75, 3.05) is 13.1 Å². The van der Waals surface area contributed by atoms with Crippen LogP contribution in [0.15, 0.2) is 41.4 Å². The molecule has 0 bridgehead atoms. The number of rotatable bonds is 5. The van der Waals surface area contributed by atoms with Gasteiger partial charge in [-0.25, -0.2) is 4.98 Å². The fourth-order valence-corrected chi connectivity index (χ4v) is 3.97. The predicted molar refractivity (Wildman–Crippen MR) is 103 cm³/mol. The van der Waals surface area contributed by atoms with Gasteiger partial charge in [-0.15, -0.1) is 11.3 Å². The Labute approximate surface area is 160 Å². The third kappa shape index (κ3) is 3.66. The molecule has 140 valence electrons. The van der Waals surface area contributed by atoms with E-state index in [2.05, 4.69) is 4.98 Å². The average molecular weight is 384 g/mol. The molecule has 0 saturated carbocycles. The highest BCUT2D eigenvalue weighted by Crippen LogP contribution is 2.29. The normalized spacial score (nSPS) is 15.2. The van der Waals surface area contributed by atoms with Crippen molar-refractivity contribution in [2.45, 2.75) is 25.5 Å². The van der Waals surface area contributed by atoms with Crippen LogP contribution in [0.2, 0.25) is 0 Å². The van der Waals surface area contributed by atoms with Crippen LogP contribution in [0.1, 0.15) is 23.3 Å². The van der Waals surface area contributed by atoms with Gasteiger partial charge in [-0.05, 0) is 18.2 Å². The summed E-state index contributed by atoms with van der Waals surface area (Å²) in [6.07, 6.45) is 3.44. The van der Waals surface area contributed by atoms with Gasteiger partial charge in [0, 0.05) is 42.9 Å². The summed E-state index contributed by atoms with van der Waals surface area (Å²) in [4.78, 5) is 29.5. The van der Waals surface area contributed by atoms with E-state index in [4.69, 9.17) is 10.5 Å². The highest BCUT2D eigenvalue weighted by Gasteiger charge is 2.26.